The van der Waals surface area contributed by atoms with Gasteiger partial charge in [-0.25, -0.2) is 13.6 Å². The summed E-state index contributed by atoms with van der Waals surface area (Å²) in [4.78, 5) is 180. The van der Waals surface area contributed by atoms with E-state index < -0.39 is 76.9 Å². The van der Waals surface area contributed by atoms with Crippen molar-refractivity contribution in [1.82, 2.24) is 35.7 Å². The zero-order valence-corrected chi connectivity index (χ0v) is 57.8. The largest absolute Gasteiger partial charge is 1.00 e. The molecule has 0 spiro atoms. The van der Waals surface area contributed by atoms with E-state index in [1.165, 1.54) is 66.7 Å². The number of aryl methyl sites for hydroxylation is 2. The minimum absolute atomic E-state index is 0. The van der Waals surface area contributed by atoms with Gasteiger partial charge in [-0.2, -0.15) is 0 Å². The van der Waals surface area contributed by atoms with Gasteiger partial charge in [0.05, 0.1) is 44.5 Å². The number of nitrogens with zero attached hydrogens (tertiary/aromatic N) is 2. The highest BCUT2D eigenvalue weighted by molar-refractivity contribution is 6.36. The number of H-pyrrole nitrogens is 2. The first-order valence-electron chi connectivity index (χ1n) is 32.5. The average molecular weight is 1510 g/mol. The molecule has 2 atom stereocenters. The second-order valence-electron chi connectivity index (χ2n) is 24.6. The van der Waals surface area contributed by atoms with Crippen LogP contribution in [-0.4, -0.2) is 146 Å². The summed E-state index contributed by atoms with van der Waals surface area (Å²) < 4.78 is 38.4. The summed E-state index contributed by atoms with van der Waals surface area (Å²) in [5, 5.41) is 21.8. The summed E-state index contributed by atoms with van der Waals surface area (Å²) in [7, 11) is 0. The van der Waals surface area contributed by atoms with Crippen LogP contribution in [0.2, 0.25) is 0 Å². The molecule has 2 saturated heterocycles. The van der Waals surface area contributed by atoms with Crippen molar-refractivity contribution in [2.24, 2.45) is 5.73 Å². The van der Waals surface area contributed by atoms with Crippen LogP contribution in [0, 0.1) is 39.3 Å². The number of fused-ring (bicyclic) bond motifs is 4. The van der Waals surface area contributed by atoms with Crippen molar-refractivity contribution >= 4 is 117 Å². The Balaban J connectivity index is 0.000000196. The Hall–Kier alpha value is -11.2. The minimum Gasteiger partial charge on any atom is -1.00 e. The second kappa shape index (κ2) is 32.4. The van der Waals surface area contributed by atoms with Crippen molar-refractivity contribution in [3.8, 4) is 11.5 Å². The number of nitrogens with two attached hydrogens (primary N) is 1. The number of rotatable bonds is 23. The van der Waals surface area contributed by atoms with Crippen molar-refractivity contribution in [2.75, 3.05) is 36.9 Å². The molecule has 6 aromatic rings. The number of carbonyl (C=O) groups is 14. The lowest BCUT2D eigenvalue weighted by atomic mass is 10.0. The summed E-state index contributed by atoms with van der Waals surface area (Å²) in [6.45, 7) is 7.27. The topological polar surface area (TPSA) is 402 Å². The van der Waals surface area contributed by atoms with Crippen molar-refractivity contribution in [3.63, 3.8) is 0 Å². The number of ether oxygens (including phenoxy) is 2. The highest BCUT2D eigenvalue weighted by Gasteiger charge is 2.48. The smallest absolute Gasteiger partial charge is 0.337 e. The van der Waals surface area contributed by atoms with Crippen LogP contribution in [0.1, 0.15) is 184 Å². The third kappa shape index (κ3) is 16.2. The predicted molar refractivity (Wildman–Crippen MR) is 359 cm³/mol. The van der Waals surface area contributed by atoms with Gasteiger partial charge < -0.3 is 70.2 Å². The van der Waals surface area contributed by atoms with Crippen molar-refractivity contribution in [2.45, 2.75) is 117 Å². The Kier molecular flexibility index (Phi) is 23.9. The number of carboxylic acid groups (broad SMARTS) is 1. The number of aromatic amines is 2. The average Bonchev–Trinajstić information content (AvgIpc) is 1.61. The molecule has 11 amide bonds. The molecule has 532 valence electrons. The molecule has 0 saturated carbocycles. The number of aromatic nitrogens is 2. The van der Waals surface area contributed by atoms with E-state index in [0.717, 1.165) is 22.6 Å². The molecule has 4 aromatic carbocycles. The Morgan fingerprint density at radius 3 is 1.41 bits per heavy atom. The van der Waals surface area contributed by atoms with Crippen molar-refractivity contribution in [3.05, 3.63) is 163 Å². The summed E-state index contributed by atoms with van der Waals surface area (Å²) in [6, 6.07) is 15.0. The second-order valence-corrected chi connectivity index (χ2v) is 24.6. The van der Waals surface area contributed by atoms with Crippen LogP contribution in [0.15, 0.2) is 72.8 Å². The minimum atomic E-state index is -1.11. The molecule has 102 heavy (non-hydrogen) atoms. The number of ketones is 2. The summed E-state index contributed by atoms with van der Waals surface area (Å²) >= 11 is 0. The molecule has 2 unspecified atom stereocenters. The molecule has 12 rings (SSSR count). The fourth-order valence-electron chi connectivity index (χ4n) is 12.6. The highest BCUT2D eigenvalue weighted by atomic mass is 127. The van der Waals surface area contributed by atoms with Crippen LogP contribution in [0.25, 0.3) is 23.3 Å². The Labute approximate surface area is 598 Å². The number of carboxylic acids is 1. The molecule has 10 N–H and O–H groups in total. The molecule has 6 aliphatic rings. The number of nitrogens with one attached hydrogen (secondary N) is 7. The third-order valence-corrected chi connectivity index (χ3v) is 17.7. The molecule has 0 bridgehead atoms. The van der Waals surface area contributed by atoms with Gasteiger partial charge in [0.2, 0.25) is 23.6 Å². The van der Waals surface area contributed by atoms with Crippen LogP contribution in [-0.2, 0) is 38.4 Å². The number of hydrogen-bond donors (Lipinski definition) is 9. The number of anilines is 2. The number of Topliss-reactive ketones (excluding diaryl/α,β-unsaturated/α-hetero) is 2. The van der Waals surface area contributed by atoms with E-state index in [1.807, 2.05) is 0 Å². The molecule has 2 fully saturated rings. The van der Waals surface area contributed by atoms with Gasteiger partial charge in [-0.05, 0) is 157 Å². The number of carbonyl (C=O) groups excluding carboxylic acids is 13. The van der Waals surface area contributed by atoms with E-state index in [1.54, 1.807) is 45.9 Å². The quantitative estimate of drug-likeness (QED) is 0.0188. The summed E-state index contributed by atoms with van der Waals surface area (Å²) in [6.07, 6.45) is 8.09. The van der Waals surface area contributed by atoms with Crippen LogP contribution < -0.4 is 65.8 Å². The van der Waals surface area contributed by atoms with Crippen LogP contribution in [0.3, 0.4) is 0 Å². The van der Waals surface area contributed by atoms with Gasteiger partial charge in [0.25, 0.3) is 41.4 Å². The normalized spacial score (nSPS) is 17.1. The van der Waals surface area contributed by atoms with E-state index in [0.29, 0.717) is 118 Å². The maximum Gasteiger partial charge on any atom is 0.337 e. The number of benzene rings is 4. The van der Waals surface area contributed by atoms with E-state index >= 15 is 0 Å². The molecule has 6 aliphatic heterocycles. The van der Waals surface area contributed by atoms with Crippen LogP contribution >= 0.6 is 0 Å². The first-order chi connectivity index (χ1) is 48.3. The molecule has 2 aromatic heterocycles. The van der Waals surface area contributed by atoms with Gasteiger partial charge in [0.15, 0.2) is 11.6 Å². The van der Waals surface area contributed by atoms with Gasteiger partial charge in [-0.3, -0.25) is 82.8 Å². The molecule has 8 heterocycles. The number of imide groups is 4. The number of aromatic carboxylic acids is 1. The van der Waals surface area contributed by atoms with Gasteiger partial charge in [-0.15, -0.1) is 0 Å². The van der Waals surface area contributed by atoms with Crippen molar-refractivity contribution < 1.29 is 114 Å². The maximum atomic E-state index is 13.8. The lowest BCUT2D eigenvalue weighted by molar-refractivity contribution is -0.137. The van der Waals surface area contributed by atoms with Gasteiger partial charge >= 0.3 is 5.97 Å². The molecule has 0 aliphatic carbocycles. The number of halogens is 3. The summed E-state index contributed by atoms with van der Waals surface area (Å²) in [5.41, 5.74) is 12.2. The Morgan fingerprint density at radius 1 is 0.559 bits per heavy atom. The molecule has 27 nitrogen and oxygen atoms in total. The zero-order chi connectivity index (χ0) is 72.7. The summed E-state index contributed by atoms with van der Waals surface area (Å²) in [5.74, 6) is -8.00. The molecular weight excluding hydrogens is 1440 g/mol. The number of unbranched alkanes of at least 4 members (excludes halogenated alkanes) is 4. The Bertz CT molecular complexity index is 4590. The third-order valence-electron chi connectivity index (χ3n) is 17.7. The van der Waals surface area contributed by atoms with Gasteiger partial charge in [-0.1, -0.05) is 25.0 Å². The lowest BCUT2D eigenvalue weighted by Crippen LogP contribution is -3.00. The lowest BCUT2D eigenvalue weighted by Gasteiger charge is -2.27. The molecule has 30 heteroatoms. The van der Waals surface area contributed by atoms with Crippen LogP contribution in [0.4, 0.5) is 20.2 Å². The highest BCUT2D eigenvalue weighted by Crippen LogP contribution is 2.39. The first kappa shape index (κ1) is 75.1. The monoisotopic (exact) mass is 1510 g/mol. The molecule has 0 radical (unpaired) electrons. The van der Waals surface area contributed by atoms with E-state index in [4.69, 9.17) is 15.2 Å². The van der Waals surface area contributed by atoms with E-state index in [2.05, 4.69) is 36.6 Å². The number of amides is 11. The van der Waals surface area contributed by atoms with E-state index in [-0.39, 0.29) is 138 Å². The SMILES string of the molecule is Cc1[nH]c(/C=C2\C(=O)Nc3ccc(F)cc32)c(C)c1C(=O)NCCCCCC(=O)COc1cccc2c1C(=O)N(C1CCC(=O)NC1=O)C2=O.Cc1[nH]c(/C=C2\C(=O)Nc3ccc(F)cc32)c(C)c1C(=O)O.NCCCCCC(=O)COc1cccc2c1C(=O)N(C1CCC(=O)NC1=O)C2=O.[I-]. The standard InChI is InChI=1S/C36H34FN5O8.C20H23N3O6.C16H13FN2O3.HI/c1-18-26(16-24-23-15-20(37)10-11-25(23)40-32(24)45)39-19(2)30(18)34(47)38-14-5-3-4-7-21(43)17-50-28-9-6-8-22-31(28)36(49)42(35(22)48)27-12-13-29(44)41-33(27)46;21-10-3-1-2-5-12(24)11-29-15-7-4-6-13-17(15)20(28)23(19(13)27)14-8-9-16(25)22-18(14)26;1-7-13(18-8(2)14(7)16(21)22)6-11-10-5-9(17)3-4-12(10)19-15(11)20;/h6,8-11,15-16,27,39H,3-5,7,12-14,17H2,1-2H3,(H,38,47)(H,40,45)(H,41,44,46);4,6-7,14H,1-3,5,8-11,21H2,(H,22,25,26);3-6,18H,1-2H3,(H,19,20)(H,21,22);1H/p-1/b24-16-;;11-6-;. The van der Waals surface area contributed by atoms with E-state index in [9.17, 15) is 81.0 Å². The predicted octanol–water partition coefficient (Wildman–Crippen LogP) is 4.12. The molecular formula is C72H70F2IN10O17-. The number of hydrogen-bond acceptors (Lipinski definition) is 17. The van der Waals surface area contributed by atoms with Gasteiger partial charge in [0.1, 0.15) is 48.4 Å². The van der Waals surface area contributed by atoms with Crippen LogP contribution in [0.5, 0.6) is 11.5 Å². The fraction of sp³-hybridized carbons (Fsp3) is 0.306. The Morgan fingerprint density at radius 2 is 0.990 bits per heavy atom. The van der Waals surface area contributed by atoms with Crippen molar-refractivity contribution in [1.29, 1.82) is 0 Å². The van der Waals surface area contributed by atoms with Gasteiger partial charge in [0, 0.05) is 77.5 Å². The number of piperidine rings is 2. The first-order valence-corrected chi connectivity index (χ1v) is 32.5. The fourth-order valence-corrected chi connectivity index (χ4v) is 12.6. The maximum absolute atomic E-state index is 13.8. The zero-order valence-electron chi connectivity index (χ0n) is 55.6.